The van der Waals surface area contributed by atoms with Gasteiger partial charge in [0.1, 0.15) is 12.4 Å². The summed E-state index contributed by atoms with van der Waals surface area (Å²) in [5.41, 5.74) is 0.662. The highest BCUT2D eigenvalue weighted by Gasteiger charge is 2.39. The Bertz CT molecular complexity index is 426. The van der Waals surface area contributed by atoms with Crippen LogP contribution in [-0.2, 0) is 16.1 Å². The molecule has 1 saturated heterocycles. The van der Waals surface area contributed by atoms with E-state index in [9.17, 15) is 9.18 Å². The van der Waals surface area contributed by atoms with E-state index in [0.29, 0.717) is 13.1 Å². The van der Waals surface area contributed by atoms with Gasteiger partial charge in [0.05, 0.1) is 5.60 Å². The summed E-state index contributed by atoms with van der Waals surface area (Å²) in [6.45, 7) is 3.75. The summed E-state index contributed by atoms with van der Waals surface area (Å²) in [5, 5.41) is 8.55. The first-order valence-corrected chi connectivity index (χ1v) is 5.79. The van der Waals surface area contributed by atoms with Crippen molar-refractivity contribution in [2.24, 2.45) is 0 Å². The van der Waals surface area contributed by atoms with Crippen molar-refractivity contribution in [2.75, 3.05) is 19.7 Å². The third-order valence-electron chi connectivity index (χ3n) is 2.98. The van der Waals surface area contributed by atoms with Gasteiger partial charge >= 0.3 is 5.97 Å². The number of rotatable bonds is 5. The van der Waals surface area contributed by atoms with E-state index in [1.54, 1.807) is 12.1 Å². The Balaban J connectivity index is 1.78. The molecule has 5 heteroatoms. The van der Waals surface area contributed by atoms with Crippen LogP contribution in [0.3, 0.4) is 0 Å². The lowest BCUT2D eigenvalue weighted by molar-refractivity contribution is -0.165. The molecule has 0 radical (unpaired) electrons. The van der Waals surface area contributed by atoms with Crippen LogP contribution in [0, 0.1) is 5.82 Å². The first-order chi connectivity index (χ1) is 8.47. The zero-order valence-electron chi connectivity index (χ0n) is 10.2. The van der Waals surface area contributed by atoms with Crippen molar-refractivity contribution in [2.45, 2.75) is 19.1 Å². The lowest BCUT2D eigenvalue weighted by Gasteiger charge is -2.47. The highest BCUT2D eigenvalue weighted by molar-refractivity contribution is 5.68. The van der Waals surface area contributed by atoms with Crippen molar-refractivity contribution in [1.29, 1.82) is 0 Å². The smallest absolute Gasteiger partial charge is 0.329 e. The summed E-state index contributed by atoms with van der Waals surface area (Å²) in [6, 6.07) is 6.39. The molecule has 98 valence electrons. The Morgan fingerprint density at radius 2 is 2.06 bits per heavy atom. The summed E-state index contributed by atoms with van der Waals surface area (Å²) in [6.07, 6.45) is 0. The van der Waals surface area contributed by atoms with Gasteiger partial charge in [0, 0.05) is 19.6 Å². The number of benzene rings is 1. The van der Waals surface area contributed by atoms with Crippen LogP contribution in [0.1, 0.15) is 12.5 Å². The number of halogens is 1. The minimum atomic E-state index is -0.951. The molecule has 4 nitrogen and oxygen atoms in total. The Morgan fingerprint density at radius 1 is 1.44 bits per heavy atom. The quantitative estimate of drug-likeness (QED) is 0.864. The van der Waals surface area contributed by atoms with Crippen LogP contribution in [0.4, 0.5) is 4.39 Å². The number of carboxylic acids is 1. The monoisotopic (exact) mass is 253 g/mol. The molecule has 1 aliphatic rings. The highest BCUT2D eigenvalue weighted by Crippen LogP contribution is 2.26. The highest BCUT2D eigenvalue weighted by atomic mass is 19.1. The van der Waals surface area contributed by atoms with Gasteiger partial charge in [0.25, 0.3) is 0 Å². The van der Waals surface area contributed by atoms with E-state index in [2.05, 4.69) is 4.90 Å². The Labute approximate surface area is 105 Å². The molecule has 18 heavy (non-hydrogen) atoms. The van der Waals surface area contributed by atoms with Crippen molar-refractivity contribution >= 4 is 5.97 Å². The third kappa shape index (κ3) is 3.27. The molecule has 0 aliphatic carbocycles. The van der Waals surface area contributed by atoms with E-state index in [-0.39, 0.29) is 18.0 Å². The lowest BCUT2D eigenvalue weighted by Crippen LogP contribution is -2.61. The van der Waals surface area contributed by atoms with Gasteiger partial charge in [-0.1, -0.05) is 12.1 Å². The second-order valence-electron chi connectivity index (χ2n) is 4.90. The van der Waals surface area contributed by atoms with Crippen molar-refractivity contribution in [3.63, 3.8) is 0 Å². The average Bonchev–Trinajstić information content (AvgIpc) is 2.27. The minimum absolute atomic E-state index is 0.239. The summed E-state index contributed by atoms with van der Waals surface area (Å²) in [5.74, 6) is -1.19. The molecule has 1 aliphatic heterocycles. The maximum absolute atomic E-state index is 12.7. The largest absolute Gasteiger partial charge is 0.480 e. The zero-order valence-corrected chi connectivity index (χ0v) is 10.2. The summed E-state index contributed by atoms with van der Waals surface area (Å²) in [4.78, 5) is 12.6. The number of hydrogen-bond donors (Lipinski definition) is 1. The fourth-order valence-corrected chi connectivity index (χ4v) is 2.19. The first-order valence-electron chi connectivity index (χ1n) is 5.79. The van der Waals surface area contributed by atoms with Gasteiger partial charge in [0.2, 0.25) is 0 Å². The Hall–Kier alpha value is -1.46. The number of carboxylic acid groups (broad SMARTS) is 1. The molecule has 1 fully saturated rings. The topological polar surface area (TPSA) is 49.8 Å². The standard InChI is InChI=1S/C13H16FNO3/c1-13(18-7-12(16)17)8-15(9-13)6-10-2-4-11(14)5-3-10/h2-5H,6-9H2,1H3,(H,16,17). The second kappa shape index (κ2) is 5.04. The number of aliphatic carboxylic acids is 1. The zero-order chi connectivity index (χ0) is 13.2. The van der Waals surface area contributed by atoms with Crippen molar-refractivity contribution < 1.29 is 19.0 Å². The average molecular weight is 253 g/mol. The van der Waals surface area contributed by atoms with Crippen LogP contribution in [0.25, 0.3) is 0 Å². The SMILES string of the molecule is CC1(OCC(=O)O)CN(Cc2ccc(F)cc2)C1. The number of ether oxygens (including phenoxy) is 1. The van der Waals surface area contributed by atoms with Gasteiger partial charge in [-0.2, -0.15) is 0 Å². The van der Waals surface area contributed by atoms with Crippen molar-refractivity contribution in [3.8, 4) is 0 Å². The molecule has 1 aromatic carbocycles. The predicted octanol–water partition coefficient (Wildman–Crippen LogP) is 1.50. The molecule has 1 heterocycles. The predicted molar refractivity (Wildman–Crippen MR) is 63.7 cm³/mol. The molecule has 0 saturated carbocycles. The van der Waals surface area contributed by atoms with Gasteiger partial charge in [-0.05, 0) is 24.6 Å². The number of carbonyl (C=O) groups is 1. The van der Waals surface area contributed by atoms with Crippen LogP contribution in [0.2, 0.25) is 0 Å². The fraction of sp³-hybridized carbons (Fsp3) is 0.462. The summed E-state index contributed by atoms with van der Waals surface area (Å²) < 4.78 is 18.0. The molecular weight excluding hydrogens is 237 g/mol. The van der Waals surface area contributed by atoms with Crippen LogP contribution in [0.5, 0.6) is 0 Å². The van der Waals surface area contributed by atoms with E-state index in [1.165, 1.54) is 12.1 Å². The van der Waals surface area contributed by atoms with E-state index in [0.717, 1.165) is 12.1 Å². The molecule has 1 aromatic rings. The van der Waals surface area contributed by atoms with E-state index < -0.39 is 5.97 Å². The fourth-order valence-electron chi connectivity index (χ4n) is 2.19. The number of nitrogens with zero attached hydrogens (tertiary/aromatic N) is 1. The van der Waals surface area contributed by atoms with Crippen LogP contribution in [-0.4, -0.2) is 41.3 Å². The molecule has 0 atom stereocenters. The third-order valence-corrected chi connectivity index (χ3v) is 2.98. The molecule has 1 N–H and O–H groups in total. The van der Waals surface area contributed by atoms with Crippen LogP contribution < -0.4 is 0 Å². The molecule has 0 aromatic heterocycles. The molecule has 2 rings (SSSR count). The van der Waals surface area contributed by atoms with Gasteiger partial charge < -0.3 is 9.84 Å². The van der Waals surface area contributed by atoms with E-state index in [1.807, 2.05) is 6.92 Å². The second-order valence-corrected chi connectivity index (χ2v) is 4.90. The molecule has 0 spiro atoms. The maximum Gasteiger partial charge on any atom is 0.329 e. The Morgan fingerprint density at radius 3 is 2.61 bits per heavy atom. The number of likely N-dealkylation sites (tertiary alicyclic amines) is 1. The van der Waals surface area contributed by atoms with Crippen LogP contribution in [0.15, 0.2) is 24.3 Å². The summed E-state index contributed by atoms with van der Waals surface area (Å²) in [7, 11) is 0. The normalized spacial score (nSPS) is 18.3. The van der Waals surface area contributed by atoms with Gasteiger partial charge in [-0.15, -0.1) is 0 Å². The van der Waals surface area contributed by atoms with E-state index in [4.69, 9.17) is 9.84 Å². The van der Waals surface area contributed by atoms with Gasteiger partial charge in [-0.3, -0.25) is 4.90 Å². The molecule has 0 amide bonds. The van der Waals surface area contributed by atoms with Crippen molar-refractivity contribution in [1.82, 2.24) is 4.90 Å². The van der Waals surface area contributed by atoms with Gasteiger partial charge in [0.15, 0.2) is 0 Å². The maximum atomic E-state index is 12.7. The molecular formula is C13H16FNO3. The first kappa shape index (κ1) is 13.0. The number of hydrogen-bond acceptors (Lipinski definition) is 3. The lowest BCUT2D eigenvalue weighted by atomic mass is 9.95. The molecule has 0 bridgehead atoms. The minimum Gasteiger partial charge on any atom is -0.480 e. The van der Waals surface area contributed by atoms with Gasteiger partial charge in [-0.25, -0.2) is 9.18 Å². The molecule has 0 unspecified atom stereocenters. The van der Waals surface area contributed by atoms with E-state index >= 15 is 0 Å². The van der Waals surface area contributed by atoms with Crippen molar-refractivity contribution in [3.05, 3.63) is 35.6 Å². The Kier molecular flexibility index (Phi) is 3.63. The van der Waals surface area contributed by atoms with Crippen LogP contribution >= 0.6 is 0 Å². The summed E-state index contributed by atoms with van der Waals surface area (Å²) >= 11 is 0.